The number of carbonyl (C=O) groups is 1. The highest BCUT2D eigenvalue weighted by atomic mass is 16.5. The molecule has 0 aliphatic carbocycles. The van der Waals surface area contributed by atoms with Gasteiger partial charge in [0.05, 0.1) is 18.7 Å². The first-order chi connectivity index (χ1) is 6.66. The van der Waals surface area contributed by atoms with Crippen molar-refractivity contribution in [1.82, 2.24) is 4.98 Å². The van der Waals surface area contributed by atoms with Crippen LogP contribution < -0.4 is 0 Å². The summed E-state index contributed by atoms with van der Waals surface area (Å²) in [5.74, 6) is -1.04. The number of ether oxygens (including phenoxy) is 1. The maximum atomic E-state index is 11.1. The molecule has 0 fully saturated rings. The Balaban J connectivity index is 2.75. The lowest BCUT2D eigenvalue weighted by molar-refractivity contribution is -0.148. The second-order valence-electron chi connectivity index (χ2n) is 3.01. The van der Waals surface area contributed by atoms with Crippen LogP contribution in [-0.2, 0) is 9.53 Å². The molecule has 2 atom stereocenters. The molecule has 1 aromatic rings. The van der Waals surface area contributed by atoms with Crippen LogP contribution in [0.3, 0.4) is 0 Å². The van der Waals surface area contributed by atoms with Crippen molar-refractivity contribution in [2.45, 2.75) is 13.0 Å². The smallest absolute Gasteiger partial charge is 0.311 e. The maximum absolute atomic E-state index is 11.1. The lowest BCUT2D eigenvalue weighted by Crippen LogP contribution is -2.21. The summed E-state index contributed by atoms with van der Waals surface area (Å²) in [6.45, 7) is 1.60. The molecular weight excluding hydrogens is 182 g/mol. The van der Waals surface area contributed by atoms with Crippen LogP contribution in [0.1, 0.15) is 18.7 Å². The fourth-order valence-electron chi connectivity index (χ4n) is 1.12. The van der Waals surface area contributed by atoms with Crippen molar-refractivity contribution in [3.8, 4) is 0 Å². The first kappa shape index (κ1) is 10.7. The number of hydrogen-bond acceptors (Lipinski definition) is 4. The molecule has 14 heavy (non-hydrogen) atoms. The van der Waals surface area contributed by atoms with Crippen molar-refractivity contribution >= 4 is 5.97 Å². The molecule has 1 N–H and O–H groups in total. The molecule has 0 saturated heterocycles. The topological polar surface area (TPSA) is 59.4 Å². The van der Waals surface area contributed by atoms with E-state index in [9.17, 15) is 9.90 Å². The van der Waals surface area contributed by atoms with Crippen molar-refractivity contribution in [1.29, 1.82) is 0 Å². The van der Waals surface area contributed by atoms with Gasteiger partial charge in [-0.25, -0.2) is 0 Å². The molecular formula is C10H13NO3. The summed E-state index contributed by atoms with van der Waals surface area (Å²) in [7, 11) is 1.30. The number of carbonyl (C=O) groups excluding carboxylic acids is 1. The van der Waals surface area contributed by atoms with E-state index in [-0.39, 0.29) is 0 Å². The standard InChI is InChI=1S/C10H13NO3/c1-7(10(13)14-2)9(12)8-5-3-4-6-11-8/h3-7,9,12H,1-2H3/t7-,9-/m1/s1. The molecule has 0 bridgehead atoms. The number of rotatable bonds is 3. The Labute approximate surface area is 82.5 Å². The van der Waals surface area contributed by atoms with Crippen molar-refractivity contribution in [3.63, 3.8) is 0 Å². The molecule has 0 amide bonds. The molecule has 0 spiro atoms. The normalized spacial score (nSPS) is 14.5. The van der Waals surface area contributed by atoms with E-state index in [1.165, 1.54) is 7.11 Å². The summed E-state index contributed by atoms with van der Waals surface area (Å²) < 4.78 is 4.53. The highest BCUT2D eigenvalue weighted by molar-refractivity contribution is 5.72. The van der Waals surface area contributed by atoms with E-state index in [0.717, 1.165) is 0 Å². The number of aromatic nitrogens is 1. The number of nitrogens with zero attached hydrogens (tertiary/aromatic N) is 1. The second-order valence-corrected chi connectivity index (χ2v) is 3.01. The summed E-state index contributed by atoms with van der Waals surface area (Å²) in [6, 6.07) is 5.18. The Bertz CT molecular complexity index is 299. The fraction of sp³-hybridized carbons (Fsp3) is 0.400. The van der Waals surface area contributed by atoms with E-state index in [1.54, 1.807) is 31.3 Å². The number of esters is 1. The van der Waals surface area contributed by atoms with Crippen LogP contribution in [0.4, 0.5) is 0 Å². The molecule has 76 valence electrons. The van der Waals surface area contributed by atoms with Gasteiger partial charge in [-0.05, 0) is 19.1 Å². The molecule has 1 aromatic heterocycles. The quantitative estimate of drug-likeness (QED) is 0.729. The van der Waals surface area contributed by atoms with E-state index in [1.807, 2.05) is 0 Å². The van der Waals surface area contributed by atoms with Crippen LogP contribution in [0.25, 0.3) is 0 Å². The number of pyridine rings is 1. The lowest BCUT2D eigenvalue weighted by atomic mass is 10.0. The Morgan fingerprint density at radius 2 is 2.29 bits per heavy atom. The van der Waals surface area contributed by atoms with Crippen LogP contribution in [0.15, 0.2) is 24.4 Å². The largest absolute Gasteiger partial charge is 0.469 e. The van der Waals surface area contributed by atoms with Gasteiger partial charge in [0.15, 0.2) is 0 Å². The predicted molar refractivity (Wildman–Crippen MR) is 50.4 cm³/mol. The molecule has 0 unspecified atom stereocenters. The van der Waals surface area contributed by atoms with E-state index in [4.69, 9.17) is 0 Å². The van der Waals surface area contributed by atoms with Gasteiger partial charge in [-0.2, -0.15) is 0 Å². The van der Waals surface area contributed by atoms with Gasteiger partial charge in [-0.3, -0.25) is 9.78 Å². The Morgan fingerprint density at radius 3 is 2.79 bits per heavy atom. The third-order valence-corrected chi connectivity index (χ3v) is 2.04. The SMILES string of the molecule is COC(=O)[C@H](C)[C@@H](O)c1ccccn1. The van der Waals surface area contributed by atoms with Gasteiger partial charge in [0.2, 0.25) is 0 Å². The summed E-state index contributed by atoms with van der Waals surface area (Å²) in [4.78, 5) is 15.1. The van der Waals surface area contributed by atoms with E-state index in [2.05, 4.69) is 9.72 Å². The Kier molecular flexibility index (Phi) is 3.59. The highest BCUT2D eigenvalue weighted by Crippen LogP contribution is 2.20. The van der Waals surface area contributed by atoms with Crippen LogP contribution in [0.2, 0.25) is 0 Å². The molecule has 0 aliphatic rings. The minimum absolute atomic E-state index is 0.442. The van der Waals surface area contributed by atoms with Crippen LogP contribution in [-0.4, -0.2) is 23.2 Å². The van der Waals surface area contributed by atoms with Gasteiger partial charge in [0, 0.05) is 6.20 Å². The van der Waals surface area contributed by atoms with Crippen LogP contribution >= 0.6 is 0 Å². The Hall–Kier alpha value is -1.42. The second kappa shape index (κ2) is 4.72. The monoisotopic (exact) mass is 195 g/mol. The number of hydrogen-bond donors (Lipinski definition) is 1. The van der Waals surface area contributed by atoms with Gasteiger partial charge in [-0.15, -0.1) is 0 Å². The zero-order valence-electron chi connectivity index (χ0n) is 8.18. The molecule has 4 heteroatoms. The van der Waals surface area contributed by atoms with Gasteiger partial charge < -0.3 is 9.84 Å². The predicted octanol–water partition coefficient (Wildman–Crippen LogP) is 0.924. The zero-order valence-corrected chi connectivity index (χ0v) is 8.18. The van der Waals surface area contributed by atoms with Gasteiger partial charge in [0.25, 0.3) is 0 Å². The average molecular weight is 195 g/mol. The van der Waals surface area contributed by atoms with E-state index in [0.29, 0.717) is 5.69 Å². The minimum atomic E-state index is -0.913. The van der Waals surface area contributed by atoms with Gasteiger partial charge in [-0.1, -0.05) is 6.07 Å². The lowest BCUT2D eigenvalue weighted by Gasteiger charge is -2.15. The Morgan fingerprint density at radius 1 is 1.57 bits per heavy atom. The van der Waals surface area contributed by atoms with Crippen LogP contribution in [0.5, 0.6) is 0 Å². The van der Waals surface area contributed by atoms with Gasteiger partial charge >= 0.3 is 5.97 Å². The number of methoxy groups -OCH3 is 1. The van der Waals surface area contributed by atoms with E-state index >= 15 is 0 Å². The molecule has 1 heterocycles. The third-order valence-electron chi connectivity index (χ3n) is 2.04. The maximum Gasteiger partial charge on any atom is 0.311 e. The molecule has 0 saturated carbocycles. The number of aliphatic hydroxyl groups is 1. The molecule has 0 aromatic carbocycles. The molecule has 0 radical (unpaired) electrons. The molecule has 4 nitrogen and oxygen atoms in total. The first-order valence-electron chi connectivity index (χ1n) is 4.33. The molecule has 0 aliphatic heterocycles. The minimum Gasteiger partial charge on any atom is -0.469 e. The summed E-state index contributed by atoms with van der Waals surface area (Å²) in [6.07, 6.45) is 0.659. The van der Waals surface area contributed by atoms with Crippen molar-refractivity contribution in [3.05, 3.63) is 30.1 Å². The van der Waals surface area contributed by atoms with Crippen LogP contribution in [0, 0.1) is 5.92 Å². The third kappa shape index (κ3) is 2.29. The number of aliphatic hydroxyl groups excluding tert-OH is 1. The first-order valence-corrected chi connectivity index (χ1v) is 4.33. The summed E-state index contributed by atoms with van der Waals surface area (Å²) in [5, 5.41) is 9.73. The molecule has 1 rings (SSSR count). The van der Waals surface area contributed by atoms with Crippen molar-refractivity contribution < 1.29 is 14.6 Å². The van der Waals surface area contributed by atoms with Crippen molar-refractivity contribution in [2.75, 3.05) is 7.11 Å². The zero-order chi connectivity index (χ0) is 10.6. The van der Waals surface area contributed by atoms with Crippen molar-refractivity contribution in [2.24, 2.45) is 5.92 Å². The van der Waals surface area contributed by atoms with Gasteiger partial charge in [0.1, 0.15) is 6.10 Å². The van der Waals surface area contributed by atoms with E-state index < -0.39 is 18.0 Å². The summed E-state index contributed by atoms with van der Waals surface area (Å²) in [5.41, 5.74) is 0.477. The fourth-order valence-corrected chi connectivity index (χ4v) is 1.12. The average Bonchev–Trinajstić information content (AvgIpc) is 2.27. The highest BCUT2D eigenvalue weighted by Gasteiger charge is 2.24. The summed E-state index contributed by atoms with van der Waals surface area (Å²) >= 11 is 0.